The minimum Gasteiger partial charge on any atom is -0.329 e. The van der Waals surface area contributed by atoms with Crippen molar-refractivity contribution in [2.24, 2.45) is 7.05 Å². The first-order chi connectivity index (χ1) is 10.0. The number of carbonyl (C=O) groups is 2. The fourth-order valence-electron chi connectivity index (χ4n) is 2.70. The molecule has 1 aromatic rings. The lowest BCUT2D eigenvalue weighted by molar-refractivity contribution is -0.137. The summed E-state index contributed by atoms with van der Waals surface area (Å²) in [6, 6.07) is -0.240. The van der Waals surface area contributed by atoms with Gasteiger partial charge in [0.2, 0.25) is 5.91 Å². The first-order valence-corrected chi connectivity index (χ1v) is 7.54. The number of amides is 1. The van der Waals surface area contributed by atoms with Crippen LogP contribution in [0.1, 0.15) is 43.9 Å². The summed E-state index contributed by atoms with van der Waals surface area (Å²) in [6.45, 7) is 4.49. The normalized spacial score (nSPS) is 19.2. The Bertz CT molecular complexity index is 560. The number of nitrogens with zero attached hydrogens (tertiary/aromatic N) is 3. The van der Waals surface area contributed by atoms with Crippen LogP contribution in [0.4, 0.5) is 0 Å². The van der Waals surface area contributed by atoms with Gasteiger partial charge in [0.05, 0.1) is 12.2 Å². The number of hydrogen-bond acceptors (Lipinski definition) is 3. The molecule has 0 unspecified atom stereocenters. The molecule has 0 radical (unpaired) electrons. The van der Waals surface area contributed by atoms with Crippen molar-refractivity contribution in [1.29, 1.82) is 0 Å². The lowest BCUT2D eigenvalue weighted by Crippen LogP contribution is -2.47. The van der Waals surface area contributed by atoms with Crippen molar-refractivity contribution < 1.29 is 9.59 Å². The fraction of sp³-hybridized carbons (Fsp3) is 0.562. The van der Waals surface area contributed by atoms with Gasteiger partial charge in [-0.05, 0) is 32.3 Å². The predicted octanol–water partition coefficient (Wildman–Crippen LogP) is 2.10. The molecule has 0 spiro atoms. The quantitative estimate of drug-likeness (QED) is 0.798. The number of carbonyl (C=O) groups excluding carboxylic acids is 2. The number of aromatic nitrogens is 2. The van der Waals surface area contributed by atoms with Crippen LogP contribution in [0, 0.1) is 6.92 Å². The maximum atomic E-state index is 12.4. The zero-order chi connectivity index (χ0) is 15.4. The Morgan fingerprint density at radius 2 is 2.19 bits per heavy atom. The van der Waals surface area contributed by atoms with Crippen LogP contribution in [0.3, 0.4) is 0 Å². The standard InChI is InChI=1S/C16H23N3O2/c1-4-15(20)14-7-5-6-10-19(14)16(21)9-8-13-11-17-18(3)12(13)2/h8-9,11,14H,4-7,10H2,1-3H3/b9-8+/t14-/m1/s1. The summed E-state index contributed by atoms with van der Waals surface area (Å²) in [4.78, 5) is 26.1. The molecule has 1 aliphatic rings. The molecule has 0 aliphatic carbocycles. The molecule has 5 nitrogen and oxygen atoms in total. The van der Waals surface area contributed by atoms with E-state index in [0.717, 1.165) is 30.5 Å². The van der Waals surface area contributed by atoms with E-state index in [1.807, 2.05) is 20.9 Å². The molecule has 1 amide bonds. The van der Waals surface area contributed by atoms with Crippen molar-refractivity contribution in [1.82, 2.24) is 14.7 Å². The summed E-state index contributed by atoms with van der Waals surface area (Å²) < 4.78 is 1.77. The Morgan fingerprint density at radius 3 is 2.81 bits per heavy atom. The topological polar surface area (TPSA) is 55.2 Å². The van der Waals surface area contributed by atoms with Gasteiger partial charge < -0.3 is 4.90 Å². The van der Waals surface area contributed by atoms with Gasteiger partial charge in [-0.1, -0.05) is 6.92 Å². The van der Waals surface area contributed by atoms with E-state index in [9.17, 15) is 9.59 Å². The molecule has 2 heterocycles. The number of aryl methyl sites for hydroxylation is 1. The minimum absolute atomic E-state index is 0.0789. The van der Waals surface area contributed by atoms with Gasteiger partial charge in [-0.15, -0.1) is 0 Å². The Kier molecular flexibility index (Phi) is 4.94. The molecule has 5 heteroatoms. The molecule has 1 atom stereocenters. The fourth-order valence-corrected chi connectivity index (χ4v) is 2.70. The van der Waals surface area contributed by atoms with Crippen molar-refractivity contribution >= 4 is 17.8 Å². The average molecular weight is 289 g/mol. The Labute approximate surface area is 125 Å². The highest BCUT2D eigenvalue weighted by Crippen LogP contribution is 2.19. The van der Waals surface area contributed by atoms with E-state index in [1.54, 1.807) is 27.9 Å². The van der Waals surface area contributed by atoms with E-state index in [2.05, 4.69) is 5.10 Å². The van der Waals surface area contributed by atoms with E-state index >= 15 is 0 Å². The third kappa shape index (κ3) is 3.40. The maximum Gasteiger partial charge on any atom is 0.247 e. The van der Waals surface area contributed by atoms with Crippen molar-refractivity contribution in [3.8, 4) is 0 Å². The maximum absolute atomic E-state index is 12.4. The van der Waals surface area contributed by atoms with Crippen LogP contribution in [0.5, 0.6) is 0 Å². The number of likely N-dealkylation sites (tertiary alicyclic amines) is 1. The molecule has 0 saturated carbocycles. The number of Topliss-reactive ketones (excluding diaryl/α,β-unsaturated/α-hetero) is 1. The van der Waals surface area contributed by atoms with Gasteiger partial charge in [0.15, 0.2) is 5.78 Å². The molecular formula is C16H23N3O2. The second-order valence-corrected chi connectivity index (χ2v) is 5.51. The van der Waals surface area contributed by atoms with Crippen LogP contribution in [0.2, 0.25) is 0 Å². The molecular weight excluding hydrogens is 266 g/mol. The van der Waals surface area contributed by atoms with Crippen molar-refractivity contribution in [3.63, 3.8) is 0 Å². The molecule has 2 rings (SSSR count). The van der Waals surface area contributed by atoms with Crippen LogP contribution in [0.25, 0.3) is 6.08 Å². The summed E-state index contributed by atoms with van der Waals surface area (Å²) in [5, 5.41) is 4.15. The second-order valence-electron chi connectivity index (χ2n) is 5.51. The van der Waals surface area contributed by atoms with Crippen molar-refractivity contribution in [3.05, 3.63) is 23.5 Å². The number of hydrogen-bond donors (Lipinski definition) is 0. The largest absolute Gasteiger partial charge is 0.329 e. The molecule has 1 fully saturated rings. The minimum atomic E-state index is -0.240. The zero-order valence-corrected chi connectivity index (χ0v) is 13.0. The van der Waals surface area contributed by atoms with Crippen LogP contribution in [-0.4, -0.2) is 39.0 Å². The van der Waals surface area contributed by atoms with Crippen molar-refractivity contribution in [2.45, 2.75) is 45.6 Å². The smallest absolute Gasteiger partial charge is 0.247 e. The third-order valence-electron chi connectivity index (χ3n) is 4.18. The van der Waals surface area contributed by atoms with E-state index in [4.69, 9.17) is 0 Å². The van der Waals surface area contributed by atoms with Gasteiger partial charge in [-0.25, -0.2) is 0 Å². The van der Waals surface area contributed by atoms with Gasteiger partial charge in [-0.2, -0.15) is 5.10 Å². The highest BCUT2D eigenvalue weighted by molar-refractivity contribution is 5.96. The first kappa shape index (κ1) is 15.5. The molecule has 0 N–H and O–H groups in total. The molecule has 114 valence electrons. The SMILES string of the molecule is CCC(=O)[C@H]1CCCCN1C(=O)/C=C/c1cnn(C)c1C. The zero-order valence-electron chi connectivity index (χ0n) is 13.0. The number of ketones is 1. The third-order valence-corrected chi connectivity index (χ3v) is 4.18. The average Bonchev–Trinajstić information content (AvgIpc) is 2.83. The van der Waals surface area contributed by atoms with Crippen LogP contribution >= 0.6 is 0 Å². The molecule has 0 bridgehead atoms. The van der Waals surface area contributed by atoms with Gasteiger partial charge in [0.25, 0.3) is 0 Å². The van der Waals surface area contributed by atoms with E-state index in [-0.39, 0.29) is 17.7 Å². The van der Waals surface area contributed by atoms with E-state index < -0.39 is 0 Å². The Balaban J connectivity index is 2.10. The highest BCUT2D eigenvalue weighted by Gasteiger charge is 2.29. The predicted molar refractivity (Wildman–Crippen MR) is 81.6 cm³/mol. The van der Waals surface area contributed by atoms with Crippen molar-refractivity contribution in [2.75, 3.05) is 6.54 Å². The van der Waals surface area contributed by atoms with Gasteiger partial charge in [0.1, 0.15) is 0 Å². The van der Waals surface area contributed by atoms with E-state index in [0.29, 0.717) is 13.0 Å². The Morgan fingerprint density at radius 1 is 1.43 bits per heavy atom. The van der Waals surface area contributed by atoms with Crippen LogP contribution < -0.4 is 0 Å². The van der Waals surface area contributed by atoms with Gasteiger partial charge in [0, 0.05) is 37.3 Å². The lowest BCUT2D eigenvalue weighted by Gasteiger charge is -2.33. The highest BCUT2D eigenvalue weighted by atomic mass is 16.2. The molecule has 0 aromatic carbocycles. The number of piperidine rings is 1. The Hall–Kier alpha value is -1.91. The molecule has 1 saturated heterocycles. The van der Waals surface area contributed by atoms with Gasteiger partial charge >= 0.3 is 0 Å². The van der Waals surface area contributed by atoms with Crippen LogP contribution in [0.15, 0.2) is 12.3 Å². The summed E-state index contributed by atoms with van der Waals surface area (Å²) in [7, 11) is 1.87. The second kappa shape index (κ2) is 6.70. The summed E-state index contributed by atoms with van der Waals surface area (Å²) in [5.41, 5.74) is 1.94. The van der Waals surface area contributed by atoms with E-state index in [1.165, 1.54) is 0 Å². The lowest BCUT2D eigenvalue weighted by atomic mass is 9.97. The summed E-state index contributed by atoms with van der Waals surface area (Å²) in [5.74, 6) is 0.0822. The molecule has 1 aromatic heterocycles. The van der Waals surface area contributed by atoms with Gasteiger partial charge in [-0.3, -0.25) is 14.3 Å². The van der Waals surface area contributed by atoms with Crippen LogP contribution in [-0.2, 0) is 16.6 Å². The molecule has 1 aliphatic heterocycles. The summed E-state index contributed by atoms with van der Waals surface area (Å²) in [6.07, 6.45) is 8.35. The number of rotatable bonds is 4. The molecule has 21 heavy (non-hydrogen) atoms. The summed E-state index contributed by atoms with van der Waals surface area (Å²) >= 11 is 0. The first-order valence-electron chi connectivity index (χ1n) is 7.54. The monoisotopic (exact) mass is 289 g/mol.